The lowest BCUT2D eigenvalue weighted by Gasteiger charge is -2.15. The van der Waals surface area contributed by atoms with Crippen LogP contribution in [0, 0.1) is 0 Å². The summed E-state index contributed by atoms with van der Waals surface area (Å²) in [6.07, 6.45) is 1.88. The Morgan fingerprint density at radius 2 is 1.52 bits per heavy atom. The van der Waals surface area contributed by atoms with E-state index in [1.165, 1.54) is 0 Å². The maximum absolute atomic E-state index is 12.5. The number of anilines is 1. The highest BCUT2D eigenvalue weighted by Gasteiger charge is 2.26. The average molecular weight is 302 g/mol. The molecule has 21 heavy (non-hydrogen) atoms. The van der Waals surface area contributed by atoms with Crippen molar-refractivity contribution >= 4 is 15.7 Å². The molecule has 0 aliphatic carbocycles. The number of hydrogen-bond donors (Lipinski definition) is 1. The number of hydrogen-bond acceptors (Lipinski definition) is 3. The topological polar surface area (TPSA) is 63.4 Å². The molecule has 3 rings (SSSR count). The zero-order chi connectivity index (χ0) is 14.9. The minimum absolute atomic E-state index is 0.350. The first-order valence-electron chi connectivity index (χ1n) is 7.04. The summed E-state index contributed by atoms with van der Waals surface area (Å²) in [5.74, 6) is 0. The number of nitrogens with zero attached hydrogens (tertiary/aromatic N) is 1. The van der Waals surface area contributed by atoms with Crippen molar-refractivity contribution in [2.24, 2.45) is 0 Å². The van der Waals surface area contributed by atoms with E-state index in [0.29, 0.717) is 23.7 Å². The van der Waals surface area contributed by atoms with E-state index in [-0.39, 0.29) is 0 Å². The molecular weight excluding hydrogens is 284 g/mol. The van der Waals surface area contributed by atoms with Gasteiger partial charge in [-0.2, -0.15) is 4.31 Å². The van der Waals surface area contributed by atoms with Crippen LogP contribution in [0.3, 0.4) is 0 Å². The third-order valence-electron chi connectivity index (χ3n) is 3.83. The van der Waals surface area contributed by atoms with Crippen LogP contribution in [0.4, 0.5) is 5.69 Å². The molecular formula is C16H18N2O2S. The van der Waals surface area contributed by atoms with Gasteiger partial charge in [-0.1, -0.05) is 30.3 Å². The van der Waals surface area contributed by atoms with Crippen LogP contribution in [0.2, 0.25) is 0 Å². The first-order chi connectivity index (χ1) is 10.1. The smallest absolute Gasteiger partial charge is 0.243 e. The minimum atomic E-state index is -3.35. The first-order valence-corrected chi connectivity index (χ1v) is 8.48. The van der Waals surface area contributed by atoms with Crippen LogP contribution in [0.1, 0.15) is 12.8 Å². The predicted octanol–water partition coefficient (Wildman–Crippen LogP) is 2.72. The summed E-state index contributed by atoms with van der Waals surface area (Å²) in [7, 11) is -3.35. The van der Waals surface area contributed by atoms with Crippen molar-refractivity contribution in [1.29, 1.82) is 0 Å². The third-order valence-corrected chi connectivity index (χ3v) is 5.74. The monoisotopic (exact) mass is 302 g/mol. The molecule has 2 N–H and O–H groups in total. The molecule has 0 unspecified atom stereocenters. The Morgan fingerprint density at radius 3 is 2.14 bits per heavy atom. The van der Waals surface area contributed by atoms with Gasteiger partial charge in [0.1, 0.15) is 0 Å². The van der Waals surface area contributed by atoms with Crippen molar-refractivity contribution < 1.29 is 8.42 Å². The highest BCUT2D eigenvalue weighted by atomic mass is 32.2. The van der Waals surface area contributed by atoms with E-state index < -0.39 is 10.0 Å². The van der Waals surface area contributed by atoms with Crippen LogP contribution < -0.4 is 5.73 Å². The fourth-order valence-corrected chi connectivity index (χ4v) is 4.16. The molecule has 0 aromatic heterocycles. The summed E-state index contributed by atoms with van der Waals surface area (Å²) in [5.41, 5.74) is 8.48. The van der Waals surface area contributed by atoms with Crippen molar-refractivity contribution in [2.45, 2.75) is 17.7 Å². The summed E-state index contributed by atoms with van der Waals surface area (Å²) in [6.45, 7) is 1.24. The van der Waals surface area contributed by atoms with Crippen molar-refractivity contribution in [1.82, 2.24) is 4.31 Å². The molecule has 0 spiro atoms. The Hall–Kier alpha value is -1.85. The lowest BCUT2D eigenvalue weighted by atomic mass is 10.0. The van der Waals surface area contributed by atoms with Crippen molar-refractivity contribution in [3.8, 4) is 11.1 Å². The van der Waals surface area contributed by atoms with Crippen LogP contribution in [0.25, 0.3) is 11.1 Å². The largest absolute Gasteiger partial charge is 0.398 e. The van der Waals surface area contributed by atoms with E-state index in [1.807, 2.05) is 36.4 Å². The summed E-state index contributed by atoms with van der Waals surface area (Å²) < 4.78 is 26.5. The zero-order valence-electron chi connectivity index (χ0n) is 11.7. The summed E-state index contributed by atoms with van der Waals surface area (Å²) in [6, 6.07) is 14.5. The third kappa shape index (κ3) is 2.66. The molecule has 5 heteroatoms. The van der Waals surface area contributed by atoms with Crippen molar-refractivity contribution in [3.05, 3.63) is 48.5 Å². The second-order valence-corrected chi connectivity index (χ2v) is 7.16. The van der Waals surface area contributed by atoms with Gasteiger partial charge in [0.05, 0.1) is 4.90 Å². The number of nitrogen functional groups attached to an aromatic ring is 1. The predicted molar refractivity (Wildman–Crippen MR) is 84.3 cm³/mol. The molecule has 0 bridgehead atoms. The van der Waals surface area contributed by atoms with Crippen molar-refractivity contribution in [3.63, 3.8) is 0 Å². The number of rotatable bonds is 3. The van der Waals surface area contributed by atoms with Crippen molar-refractivity contribution in [2.75, 3.05) is 18.8 Å². The molecule has 1 saturated heterocycles. The van der Waals surface area contributed by atoms with Gasteiger partial charge in [-0.05, 0) is 36.6 Å². The summed E-state index contributed by atoms with van der Waals surface area (Å²) in [4.78, 5) is 0.350. The number of nitrogens with two attached hydrogens (primary N) is 1. The van der Waals surface area contributed by atoms with Crippen LogP contribution in [-0.2, 0) is 10.0 Å². The first kappa shape index (κ1) is 14.1. The van der Waals surface area contributed by atoms with E-state index in [9.17, 15) is 8.42 Å². The lowest BCUT2D eigenvalue weighted by molar-refractivity contribution is 0.477. The molecule has 2 aromatic carbocycles. The SMILES string of the molecule is Nc1ccccc1-c1ccc(S(=O)(=O)N2CCCC2)cc1. The van der Waals surface area contributed by atoms with Crippen LogP contribution in [-0.4, -0.2) is 25.8 Å². The molecule has 0 amide bonds. The second-order valence-electron chi connectivity index (χ2n) is 5.22. The van der Waals surface area contributed by atoms with Gasteiger partial charge in [0.2, 0.25) is 10.0 Å². The maximum atomic E-state index is 12.5. The molecule has 0 saturated carbocycles. The van der Waals surface area contributed by atoms with Gasteiger partial charge in [-0.3, -0.25) is 0 Å². The van der Waals surface area contributed by atoms with Gasteiger partial charge >= 0.3 is 0 Å². The molecule has 1 aliphatic heterocycles. The normalized spacial score (nSPS) is 16.2. The Kier molecular flexibility index (Phi) is 3.69. The number of sulfonamides is 1. The Balaban J connectivity index is 1.93. The van der Waals surface area contributed by atoms with Gasteiger partial charge in [0.15, 0.2) is 0 Å². The maximum Gasteiger partial charge on any atom is 0.243 e. The summed E-state index contributed by atoms with van der Waals surface area (Å²) >= 11 is 0. The van der Waals surface area contributed by atoms with E-state index >= 15 is 0 Å². The van der Waals surface area contributed by atoms with Crippen LogP contribution in [0.5, 0.6) is 0 Å². The van der Waals surface area contributed by atoms with Gasteiger partial charge < -0.3 is 5.73 Å². The van der Waals surface area contributed by atoms with Gasteiger partial charge in [-0.25, -0.2) is 8.42 Å². The van der Waals surface area contributed by atoms with E-state index in [4.69, 9.17) is 5.73 Å². The molecule has 1 fully saturated rings. The molecule has 1 aliphatic rings. The van der Waals surface area contributed by atoms with E-state index in [1.54, 1.807) is 16.4 Å². The fraction of sp³-hybridized carbons (Fsp3) is 0.250. The average Bonchev–Trinajstić information content (AvgIpc) is 3.03. The fourth-order valence-electron chi connectivity index (χ4n) is 2.64. The molecule has 1 heterocycles. The Labute approximate surface area is 125 Å². The molecule has 0 atom stereocenters. The highest BCUT2D eigenvalue weighted by Crippen LogP contribution is 2.28. The van der Waals surface area contributed by atoms with Gasteiger partial charge in [0.25, 0.3) is 0 Å². The minimum Gasteiger partial charge on any atom is -0.398 e. The zero-order valence-corrected chi connectivity index (χ0v) is 12.5. The quantitative estimate of drug-likeness (QED) is 0.887. The van der Waals surface area contributed by atoms with Crippen LogP contribution in [0.15, 0.2) is 53.4 Å². The molecule has 110 valence electrons. The number of benzene rings is 2. The molecule has 4 nitrogen and oxygen atoms in total. The highest BCUT2D eigenvalue weighted by molar-refractivity contribution is 7.89. The van der Waals surface area contributed by atoms with E-state index in [2.05, 4.69) is 0 Å². The lowest BCUT2D eigenvalue weighted by Crippen LogP contribution is -2.27. The van der Waals surface area contributed by atoms with E-state index in [0.717, 1.165) is 24.0 Å². The van der Waals surface area contributed by atoms with Gasteiger partial charge in [0, 0.05) is 24.3 Å². The summed E-state index contributed by atoms with van der Waals surface area (Å²) in [5, 5.41) is 0. The Morgan fingerprint density at radius 1 is 0.905 bits per heavy atom. The Bertz CT molecular complexity index is 733. The number of para-hydroxylation sites is 1. The molecule has 0 radical (unpaired) electrons. The molecule has 2 aromatic rings. The standard InChI is InChI=1S/C16H18N2O2S/c17-16-6-2-1-5-15(16)13-7-9-14(10-8-13)21(19,20)18-11-3-4-12-18/h1-2,5-10H,3-4,11-12,17H2. The van der Waals surface area contributed by atoms with Gasteiger partial charge in [-0.15, -0.1) is 0 Å². The second kappa shape index (κ2) is 5.50. The van der Waals surface area contributed by atoms with Crippen LogP contribution >= 0.6 is 0 Å².